The predicted molar refractivity (Wildman–Crippen MR) is 66.4 cm³/mol. The predicted octanol–water partition coefficient (Wildman–Crippen LogP) is 1.39. The third-order valence-corrected chi connectivity index (χ3v) is 3.09. The maximum atomic E-state index is 5.89. The van der Waals surface area contributed by atoms with E-state index in [1.165, 1.54) is 0 Å². The molecule has 5 heteroatoms. The first-order chi connectivity index (χ1) is 8.74. The number of fused-ring (bicyclic) bond motifs is 1. The van der Waals surface area contributed by atoms with Gasteiger partial charge in [0.05, 0.1) is 6.04 Å². The molecule has 3 rings (SSSR count). The van der Waals surface area contributed by atoms with Crippen molar-refractivity contribution >= 4 is 0 Å². The van der Waals surface area contributed by atoms with Crippen LogP contribution in [-0.4, -0.2) is 16.2 Å². The Morgan fingerprint density at radius 2 is 2.44 bits per heavy atom. The zero-order valence-electron chi connectivity index (χ0n) is 10.2. The van der Waals surface area contributed by atoms with Crippen molar-refractivity contribution in [2.45, 2.75) is 12.6 Å². The first-order valence-corrected chi connectivity index (χ1v) is 5.85. The molecule has 1 unspecified atom stereocenters. The minimum absolute atomic E-state index is 0.0245. The second kappa shape index (κ2) is 4.34. The Balaban J connectivity index is 1.73. The summed E-state index contributed by atoms with van der Waals surface area (Å²) < 4.78 is 13.1. The molecule has 5 nitrogen and oxygen atoms in total. The molecule has 1 aromatic carbocycles. The SMILES string of the molecule is Cn1ccnc1COc1ccc2c(c1)OCC2N. The van der Waals surface area contributed by atoms with E-state index in [2.05, 4.69) is 4.98 Å². The quantitative estimate of drug-likeness (QED) is 0.887. The Morgan fingerprint density at radius 3 is 3.22 bits per heavy atom. The maximum absolute atomic E-state index is 5.89. The maximum Gasteiger partial charge on any atom is 0.146 e. The van der Waals surface area contributed by atoms with Crippen molar-refractivity contribution in [1.82, 2.24) is 9.55 Å². The van der Waals surface area contributed by atoms with E-state index in [-0.39, 0.29) is 6.04 Å². The fourth-order valence-electron chi connectivity index (χ4n) is 1.99. The second-order valence-electron chi connectivity index (χ2n) is 4.36. The van der Waals surface area contributed by atoms with Crippen LogP contribution in [0.1, 0.15) is 17.4 Å². The van der Waals surface area contributed by atoms with Gasteiger partial charge in [-0.2, -0.15) is 0 Å². The van der Waals surface area contributed by atoms with Crippen molar-refractivity contribution in [1.29, 1.82) is 0 Å². The Morgan fingerprint density at radius 1 is 1.56 bits per heavy atom. The third kappa shape index (κ3) is 1.93. The summed E-state index contributed by atoms with van der Waals surface area (Å²) in [5.41, 5.74) is 6.93. The molecule has 0 saturated carbocycles. The van der Waals surface area contributed by atoms with E-state index in [0.29, 0.717) is 13.2 Å². The molecular weight excluding hydrogens is 230 g/mol. The summed E-state index contributed by atoms with van der Waals surface area (Å²) in [4.78, 5) is 4.20. The van der Waals surface area contributed by atoms with Crippen LogP contribution in [0.25, 0.3) is 0 Å². The van der Waals surface area contributed by atoms with Gasteiger partial charge in [0.2, 0.25) is 0 Å². The van der Waals surface area contributed by atoms with Crippen molar-refractivity contribution in [2.75, 3.05) is 6.61 Å². The molecule has 1 atom stereocenters. The number of hydrogen-bond donors (Lipinski definition) is 1. The minimum Gasteiger partial charge on any atom is -0.491 e. The van der Waals surface area contributed by atoms with Gasteiger partial charge in [-0.15, -0.1) is 0 Å². The van der Waals surface area contributed by atoms with Crippen LogP contribution in [0.4, 0.5) is 0 Å². The number of ether oxygens (including phenoxy) is 2. The van der Waals surface area contributed by atoms with Crippen LogP contribution in [-0.2, 0) is 13.7 Å². The molecule has 0 radical (unpaired) electrons. The summed E-state index contributed by atoms with van der Waals surface area (Å²) in [6, 6.07) is 5.73. The lowest BCUT2D eigenvalue weighted by Crippen LogP contribution is -2.10. The van der Waals surface area contributed by atoms with Crippen LogP contribution in [0.3, 0.4) is 0 Å². The second-order valence-corrected chi connectivity index (χ2v) is 4.36. The van der Waals surface area contributed by atoms with E-state index in [4.69, 9.17) is 15.2 Å². The smallest absolute Gasteiger partial charge is 0.146 e. The summed E-state index contributed by atoms with van der Waals surface area (Å²) in [5, 5.41) is 0. The molecule has 0 bridgehead atoms. The molecule has 0 aliphatic carbocycles. The Kier molecular flexibility index (Phi) is 2.68. The Bertz CT molecular complexity index is 565. The summed E-state index contributed by atoms with van der Waals surface area (Å²) in [6.45, 7) is 0.979. The number of hydrogen-bond acceptors (Lipinski definition) is 4. The van der Waals surface area contributed by atoms with Crippen molar-refractivity contribution in [3.05, 3.63) is 42.0 Å². The summed E-state index contributed by atoms with van der Waals surface area (Å²) >= 11 is 0. The number of rotatable bonds is 3. The van der Waals surface area contributed by atoms with Gasteiger partial charge in [-0.1, -0.05) is 0 Å². The van der Waals surface area contributed by atoms with E-state index >= 15 is 0 Å². The van der Waals surface area contributed by atoms with Crippen LogP contribution >= 0.6 is 0 Å². The fraction of sp³-hybridized carbons (Fsp3) is 0.308. The summed E-state index contributed by atoms with van der Waals surface area (Å²) in [5.74, 6) is 2.47. The molecule has 2 aromatic rings. The van der Waals surface area contributed by atoms with E-state index in [9.17, 15) is 0 Å². The first-order valence-electron chi connectivity index (χ1n) is 5.85. The standard InChI is InChI=1S/C13H15N3O2/c1-16-5-4-15-13(16)8-17-9-2-3-10-11(14)7-18-12(10)6-9/h2-6,11H,7-8,14H2,1H3. The van der Waals surface area contributed by atoms with E-state index in [1.54, 1.807) is 6.20 Å². The molecule has 1 aliphatic heterocycles. The first kappa shape index (κ1) is 11.1. The third-order valence-electron chi connectivity index (χ3n) is 3.09. The van der Waals surface area contributed by atoms with Gasteiger partial charge in [-0.3, -0.25) is 0 Å². The molecule has 0 saturated heterocycles. The van der Waals surface area contributed by atoms with Gasteiger partial charge in [0.25, 0.3) is 0 Å². The molecule has 94 valence electrons. The molecule has 2 N–H and O–H groups in total. The molecule has 0 spiro atoms. The number of nitrogens with two attached hydrogens (primary N) is 1. The van der Waals surface area contributed by atoms with Gasteiger partial charge in [0.15, 0.2) is 0 Å². The van der Waals surface area contributed by atoms with Gasteiger partial charge >= 0.3 is 0 Å². The van der Waals surface area contributed by atoms with Crippen molar-refractivity contribution in [3.8, 4) is 11.5 Å². The number of aryl methyl sites for hydroxylation is 1. The number of imidazole rings is 1. The Hall–Kier alpha value is -2.01. The number of nitrogens with zero attached hydrogens (tertiary/aromatic N) is 2. The average molecular weight is 245 g/mol. The van der Waals surface area contributed by atoms with Crippen molar-refractivity contribution in [2.24, 2.45) is 12.8 Å². The topological polar surface area (TPSA) is 62.3 Å². The molecule has 0 amide bonds. The van der Waals surface area contributed by atoms with Gasteiger partial charge in [0.1, 0.15) is 30.5 Å². The van der Waals surface area contributed by atoms with Gasteiger partial charge in [-0.05, 0) is 12.1 Å². The lowest BCUT2D eigenvalue weighted by Gasteiger charge is -2.08. The molecule has 2 heterocycles. The molecule has 0 fully saturated rings. The van der Waals surface area contributed by atoms with Crippen LogP contribution in [0.15, 0.2) is 30.6 Å². The lowest BCUT2D eigenvalue weighted by atomic mass is 10.1. The van der Waals surface area contributed by atoms with Crippen LogP contribution < -0.4 is 15.2 Å². The molecule has 18 heavy (non-hydrogen) atoms. The number of aromatic nitrogens is 2. The average Bonchev–Trinajstić information content (AvgIpc) is 2.94. The fourth-order valence-corrected chi connectivity index (χ4v) is 1.99. The van der Waals surface area contributed by atoms with Crippen LogP contribution in [0.5, 0.6) is 11.5 Å². The van der Waals surface area contributed by atoms with Crippen molar-refractivity contribution < 1.29 is 9.47 Å². The van der Waals surface area contributed by atoms with Crippen LogP contribution in [0.2, 0.25) is 0 Å². The summed E-state index contributed by atoms with van der Waals surface area (Å²) in [6.07, 6.45) is 3.65. The summed E-state index contributed by atoms with van der Waals surface area (Å²) in [7, 11) is 1.94. The minimum atomic E-state index is -0.0245. The largest absolute Gasteiger partial charge is 0.491 e. The van der Waals surface area contributed by atoms with Gasteiger partial charge in [0, 0.05) is 31.1 Å². The monoisotopic (exact) mass is 245 g/mol. The zero-order valence-corrected chi connectivity index (χ0v) is 10.2. The highest BCUT2D eigenvalue weighted by atomic mass is 16.5. The highest BCUT2D eigenvalue weighted by Crippen LogP contribution is 2.34. The molecule has 1 aliphatic rings. The van der Waals surface area contributed by atoms with Crippen molar-refractivity contribution in [3.63, 3.8) is 0 Å². The van der Waals surface area contributed by atoms with E-state index < -0.39 is 0 Å². The van der Waals surface area contributed by atoms with E-state index in [0.717, 1.165) is 22.9 Å². The highest BCUT2D eigenvalue weighted by Gasteiger charge is 2.20. The van der Waals surface area contributed by atoms with Gasteiger partial charge < -0.3 is 19.8 Å². The lowest BCUT2D eigenvalue weighted by molar-refractivity contribution is 0.288. The van der Waals surface area contributed by atoms with Gasteiger partial charge in [-0.25, -0.2) is 4.98 Å². The molecular formula is C13H15N3O2. The number of benzene rings is 1. The molecule has 1 aromatic heterocycles. The highest BCUT2D eigenvalue weighted by molar-refractivity contribution is 5.44. The van der Waals surface area contributed by atoms with Crippen LogP contribution in [0, 0.1) is 0 Å². The zero-order chi connectivity index (χ0) is 12.5. The Labute approximate surface area is 105 Å². The van der Waals surface area contributed by atoms with E-state index in [1.807, 2.05) is 36.0 Å². The normalized spacial score (nSPS) is 17.3.